The minimum absolute atomic E-state index is 0.225. The summed E-state index contributed by atoms with van der Waals surface area (Å²) in [6, 6.07) is 13.1. The molecule has 1 unspecified atom stereocenters. The number of rotatable bonds is 6. The lowest BCUT2D eigenvalue weighted by Gasteiger charge is -2.19. The van der Waals surface area contributed by atoms with Crippen LogP contribution in [0.3, 0.4) is 0 Å². The molecule has 1 N–H and O–H groups in total. The number of hydrogen-bond acceptors (Lipinski definition) is 3. The Morgan fingerprint density at radius 1 is 1.14 bits per heavy atom. The second-order valence-electron chi connectivity index (χ2n) is 6.31. The molecule has 0 bridgehead atoms. The Bertz CT molecular complexity index is 525. The highest BCUT2D eigenvalue weighted by Crippen LogP contribution is 2.25. The normalized spacial score (nSPS) is 13.3. The summed E-state index contributed by atoms with van der Waals surface area (Å²) in [6.45, 7) is 9.83. The van der Waals surface area contributed by atoms with Crippen molar-refractivity contribution >= 4 is 11.8 Å². The number of hydrogen-bond donors (Lipinski definition) is 1. The van der Waals surface area contributed by atoms with Crippen molar-refractivity contribution in [3.63, 3.8) is 0 Å². The van der Waals surface area contributed by atoms with E-state index in [4.69, 9.17) is 4.42 Å². The van der Waals surface area contributed by atoms with Crippen molar-refractivity contribution in [2.75, 3.05) is 12.3 Å². The van der Waals surface area contributed by atoms with Gasteiger partial charge in [-0.2, -0.15) is 0 Å². The van der Waals surface area contributed by atoms with Crippen molar-refractivity contribution in [3.8, 4) is 0 Å². The Balaban J connectivity index is 1.74. The lowest BCUT2D eigenvalue weighted by molar-refractivity contribution is 0.438. The van der Waals surface area contributed by atoms with Crippen molar-refractivity contribution < 1.29 is 4.42 Å². The monoisotopic (exact) mass is 303 g/mol. The maximum atomic E-state index is 5.39. The maximum absolute atomic E-state index is 5.39. The van der Waals surface area contributed by atoms with Gasteiger partial charge in [0.25, 0.3) is 0 Å². The number of thioether (sulfide) groups is 1. The molecule has 2 rings (SSSR count). The minimum Gasteiger partial charge on any atom is -0.468 e. The largest absolute Gasteiger partial charge is 0.468 e. The van der Waals surface area contributed by atoms with Crippen LogP contribution in [0, 0.1) is 0 Å². The highest BCUT2D eigenvalue weighted by Gasteiger charge is 2.12. The van der Waals surface area contributed by atoms with Crippen molar-refractivity contribution in [3.05, 3.63) is 54.0 Å². The molecule has 0 amide bonds. The minimum atomic E-state index is 0.225. The van der Waals surface area contributed by atoms with Crippen LogP contribution in [0.5, 0.6) is 0 Å². The van der Waals surface area contributed by atoms with Gasteiger partial charge < -0.3 is 9.73 Å². The van der Waals surface area contributed by atoms with Gasteiger partial charge >= 0.3 is 0 Å². The van der Waals surface area contributed by atoms with Crippen LogP contribution in [0.1, 0.15) is 45.1 Å². The lowest BCUT2D eigenvalue weighted by atomic mass is 9.87. The van der Waals surface area contributed by atoms with Crippen molar-refractivity contribution in [2.24, 2.45) is 0 Å². The topological polar surface area (TPSA) is 25.2 Å². The fourth-order valence-corrected chi connectivity index (χ4v) is 2.92. The first kappa shape index (κ1) is 16.2. The molecule has 0 radical (unpaired) electrons. The molecule has 0 saturated heterocycles. The zero-order chi connectivity index (χ0) is 15.3. The lowest BCUT2D eigenvalue weighted by Crippen LogP contribution is -2.20. The Labute approximate surface area is 132 Å². The second-order valence-corrected chi connectivity index (χ2v) is 7.48. The van der Waals surface area contributed by atoms with Crippen LogP contribution in [0.25, 0.3) is 0 Å². The van der Waals surface area contributed by atoms with E-state index in [0.29, 0.717) is 0 Å². The van der Waals surface area contributed by atoms with Crippen LogP contribution in [-0.4, -0.2) is 12.3 Å². The van der Waals surface area contributed by atoms with Gasteiger partial charge in [0, 0.05) is 17.2 Å². The fraction of sp³-hybridized carbons (Fsp3) is 0.444. The third-order valence-electron chi connectivity index (χ3n) is 3.51. The Kier molecular flexibility index (Phi) is 5.54. The molecule has 0 spiro atoms. The van der Waals surface area contributed by atoms with E-state index in [0.717, 1.165) is 18.1 Å². The van der Waals surface area contributed by atoms with Crippen LogP contribution < -0.4 is 5.32 Å². The average molecular weight is 303 g/mol. The molecule has 0 aliphatic rings. The molecule has 1 heterocycles. The van der Waals surface area contributed by atoms with E-state index < -0.39 is 0 Å². The third kappa shape index (κ3) is 4.94. The molecular weight excluding hydrogens is 278 g/mol. The zero-order valence-electron chi connectivity index (χ0n) is 13.3. The Hall–Kier alpha value is -1.19. The summed E-state index contributed by atoms with van der Waals surface area (Å²) in [6.07, 6.45) is 1.72. The highest BCUT2D eigenvalue weighted by molar-refractivity contribution is 7.99. The SMILES string of the molecule is CC(NCCSc1ccc(C(C)(C)C)cc1)c1ccco1. The summed E-state index contributed by atoms with van der Waals surface area (Å²) in [5.74, 6) is 2.05. The molecule has 0 saturated carbocycles. The van der Waals surface area contributed by atoms with Crippen LogP contribution in [-0.2, 0) is 5.41 Å². The summed E-state index contributed by atoms with van der Waals surface area (Å²) in [5.41, 5.74) is 1.61. The van der Waals surface area contributed by atoms with Crippen LogP contribution in [0.4, 0.5) is 0 Å². The van der Waals surface area contributed by atoms with E-state index in [1.54, 1.807) is 6.26 Å². The molecule has 0 aliphatic carbocycles. The van der Waals surface area contributed by atoms with Gasteiger partial charge in [-0.05, 0) is 42.2 Å². The first-order valence-electron chi connectivity index (χ1n) is 7.47. The van der Waals surface area contributed by atoms with Crippen molar-refractivity contribution in [1.82, 2.24) is 5.32 Å². The molecule has 1 atom stereocenters. The van der Waals surface area contributed by atoms with Gasteiger partial charge in [-0.1, -0.05) is 32.9 Å². The second kappa shape index (κ2) is 7.19. The molecule has 2 aromatic rings. The first-order chi connectivity index (χ1) is 9.97. The summed E-state index contributed by atoms with van der Waals surface area (Å²) >= 11 is 1.89. The van der Waals surface area contributed by atoms with Gasteiger partial charge in [0.1, 0.15) is 5.76 Å². The predicted octanol–water partition coefficient (Wildman–Crippen LogP) is 5.02. The van der Waals surface area contributed by atoms with Crippen LogP contribution in [0.2, 0.25) is 0 Å². The van der Waals surface area contributed by atoms with E-state index in [2.05, 4.69) is 57.3 Å². The summed E-state index contributed by atoms with van der Waals surface area (Å²) in [5, 5.41) is 3.48. The fourth-order valence-electron chi connectivity index (χ4n) is 2.13. The summed E-state index contributed by atoms with van der Waals surface area (Å²) < 4.78 is 5.39. The molecule has 21 heavy (non-hydrogen) atoms. The predicted molar refractivity (Wildman–Crippen MR) is 91.0 cm³/mol. The van der Waals surface area contributed by atoms with Gasteiger partial charge in [-0.3, -0.25) is 0 Å². The first-order valence-corrected chi connectivity index (χ1v) is 8.45. The smallest absolute Gasteiger partial charge is 0.120 e. The molecule has 2 nitrogen and oxygen atoms in total. The summed E-state index contributed by atoms with van der Waals surface area (Å²) in [7, 11) is 0. The van der Waals surface area contributed by atoms with Crippen LogP contribution in [0.15, 0.2) is 52.0 Å². The number of furan rings is 1. The highest BCUT2D eigenvalue weighted by atomic mass is 32.2. The Morgan fingerprint density at radius 2 is 1.86 bits per heavy atom. The van der Waals surface area contributed by atoms with Gasteiger partial charge in [-0.25, -0.2) is 0 Å². The molecule has 1 aromatic carbocycles. The van der Waals surface area contributed by atoms with Gasteiger partial charge in [0.15, 0.2) is 0 Å². The molecule has 0 aliphatic heterocycles. The third-order valence-corrected chi connectivity index (χ3v) is 4.53. The van der Waals surface area contributed by atoms with E-state index in [9.17, 15) is 0 Å². The number of benzene rings is 1. The standard InChI is InChI=1S/C18H25NOS/c1-14(17-6-5-12-20-17)19-11-13-21-16-9-7-15(8-10-16)18(2,3)4/h5-10,12,14,19H,11,13H2,1-4H3. The molecule has 0 fully saturated rings. The van der Waals surface area contributed by atoms with Gasteiger partial charge in [0.05, 0.1) is 12.3 Å². The van der Waals surface area contributed by atoms with Gasteiger partial charge in [0.2, 0.25) is 0 Å². The molecular formula is C18H25NOS. The van der Waals surface area contributed by atoms with E-state index in [-0.39, 0.29) is 11.5 Å². The van der Waals surface area contributed by atoms with E-state index in [1.807, 2.05) is 23.9 Å². The maximum Gasteiger partial charge on any atom is 0.120 e. The van der Waals surface area contributed by atoms with Gasteiger partial charge in [-0.15, -0.1) is 11.8 Å². The quantitative estimate of drug-likeness (QED) is 0.599. The van der Waals surface area contributed by atoms with E-state index >= 15 is 0 Å². The van der Waals surface area contributed by atoms with Crippen molar-refractivity contribution in [2.45, 2.75) is 44.0 Å². The van der Waals surface area contributed by atoms with Crippen LogP contribution >= 0.6 is 11.8 Å². The Morgan fingerprint density at radius 3 is 2.43 bits per heavy atom. The summed E-state index contributed by atoms with van der Waals surface area (Å²) in [4.78, 5) is 1.33. The average Bonchev–Trinajstić information content (AvgIpc) is 2.97. The van der Waals surface area contributed by atoms with E-state index in [1.165, 1.54) is 10.5 Å². The molecule has 1 aromatic heterocycles. The number of nitrogens with one attached hydrogen (secondary N) is 1. The zero-order valence-corrected chi connectivity index (χ0v) is 14.2. The molecule has 3 heteroatoms. The van der Waals surface area contributed by atoms with Crippen molar-refractivity contribution in [1.29, 1.82) is 0 Å². The molecule has 114 valence electrons.